The van der Waals surface area contributed by atoms with Gasteiger partial charge in [-0.25, -0.2) is 0 Å². The number of carbonyl (C=O) groups excluding carboxylic acids is 2. The van der Waals surface area contributed by atoms with Crippen LogP contribution in [0.4, 0.5) is 0 Å². The van der Waals surface area contributed by atoms with Crippen LogP contribution in [0.15, 0.2) is 0 Å². The normalized spacial score (nSPS) is 24.5. The minimum absolute atomic E-state index is 0.175. The van der Waals surface area contributed by atoms with Gasteiger partial charge in [0.2, 0.25) is 11.8 Å². The summed E-state index contributed by atoms with van der Waals surface area (Å²) in [4.78, 5) is 25.0. The Hall–Kier alpha value is -0.900. The van der Waals surface area contributed by atoms with Gasteiger partial charge in [-0.05, 0) is 13.3 Å². The number of amides is 2. The molecule has 1 heterocycles. The molecule has 0 radical (unpaired) electrons. The molecule has 0 spiro atoms. The second-order valence-corrected chi connectivity index (χ2v) is 5.10. The van der Waals surface area contributed by atoms with Crippen LogP contribution >= 0.6 is 0 Å². The smallest absolute Gasteiger partial charge is 0.235 e. The third kappa shape index (κ3) is 1.78. The number of hydrogen-bond donors (Lipinski definition) is 1. The lowest BCUT2D eigenvalue weighted by molar-refractivity contribution is -0.149. The second kappa shape index (κ2) is 3.59. The minimum atomic E-state index is -0.748. The molecule has 86 valence electrons. The minimum Gasteiger partial charge on any atom is -0.394 e. The Kier molecular flexibility index (Phi) is 2.92. The monoisotopic (exact) mass is 213 g/mol. The highest BCUT2D eigenvalue weighted by Crippen LogP contribution is 2.36. The molecular weight excluding hydrogens is 194 g/mol. The zero-order valence-corrected chi connectivity index (χ0v) is 9.83. The van der Waals surface area contributed by atoms with Crippen molar-refractivity contribution in [2.24, 2.45) is 5.41 Å². The van der Waals surface area contributed by atoms with E-state index in [0.717, 1.165) is 0 Å². The van der Waals surface area contributed by atoms with Crippen LogP contribution in [0.1, 0.15) is 40.5 Å². The van der Waals surface area contributed by atoms with Gasteiger partial charge in [-0.15, -0.1) is 0 Å². The van der Waals surface area contributed by atoms with Gasteiger partial charge < -0.3 is 5.11 Å². The fraction of sp³-hybridized carbons (Fsp3) is 0.818. The zero-order chi connectivity index (χ0) is 11.9. The zero-order valence-electron chi connectivity index (χ0n) is 9.83. The number of aliphatic hydroxyl groups excluding tert-OH is 1. The van der Waals surface area contributed by atoms with E-state index in [0.29, 0.717) is 6.42 Å². The molecule has 1 rings (SSSR count). The molecule has 1 saturated heterocycles. The standard InChI is InChI=1S/C11H19NO3/c1-5-11(4,7-13)12-8(14)6-10(2,3)9(12)15/h13H,5-7H2,1-4H3. The van der Waals surface area contributed by atoms with Crippen LogP contribution in [0.2, 0.25) is 0 Å². The SMILES string of the molecule is CCC(C)(CO)N1C(=O)CC(C)(C)C1=O. The maximum Gasteiger partial charge on any atom is 0.235 e. The summed E-state index contributed by atoms with van der Waals surface area (Å²) in [6.07, 6.45) is 0.804. The number of rotatable bonds is 3. The van der Waals surface area contributed by atoms with Crippen molar-refractivity contribution in [1.82, 2.24) is 4.90 Å². The Morgan fingerprint density at radius 3 is 2.27 bits per heavy atom. The van der Waals surface area contributed by atoms with E-state index in [-0.39, 0.29) is 24.8 Å². The van der Waals surface area contributed by atoms with Crippen molar-refractivity contribution < 1.29 is 14.7 Å². The number of likely N-dealkylation sites (tertiary alicyclic amines) is 1. The summed E-state index contributed by atoms with van der Waals surface area (Å²) in [5.74, 6) is -0.352. The second-order valence-electron chi connectivity index (χ2n) is 5.10. The van der Waals surface area contributed by atoms with E-state index in [1.54, 1.807) is 20.8 Å². The third-order valence-corrected chi connectivity index (χ3v) is 3.27. The third-order valence-electron chi connectivity index (χ3n) is 3.27. The first kappa shape index (κ1) is 12.2. The molecule has 1 unspecified atom stereocenters. The Bertz CT molecular complexity index is 292. The Morgan fingerprint density at radius 2 is 2.00 bits per heavy atom. The van der Waals surface area contributed by atoms with Gasteiger partial charge in [-0.3, -0.25) is 14.5 Å². The maximum atomic E-state index is 12.0. The quantitative estimate of drug-likeness (QED) is 0.710. The van der Waals surface area contributed by atoms with E-state index in [4.69, 9.17) is 0 Å². The van der Waals surface area contributed by atoms with Crippen molar-refractivity contribution in [1.29, 1.82) is 0 Å². The van der Waals surface area contributed by atoms with Crippen LogP contribution in [0.3, 0.4) is 0 Å². The molecule has 1 aliphatic rings. The Balaban J connectivity index is 3.06. The molecular formula is C11H19NO3. The summed E-state index contributed by atoms with van der Waals surface area (Å²) >= 11 is 0. The summed E-state index contributed by atoms with van der Waals surface area (Å²) in [5.41, 5.74) is -1.37. The van der Waals surface area contributed by atoms with Crippen LogP contribution in [-0.2, 0) is 9.59 Å². The lowest BCUT2D eigenvalue weighted by Gasteiger charge is -2.35. The van der Waals surface area contributed by atoms with Crippen molar-refractivity contribution in [2.75, 3.05) is 6.61 Å². The molecule has 1 N–H and O–H groups in total. The fourth-order valence-electron chi connectivity index (χ4n) is 1.84. The number of nitrogens with zero attached hydrogens (tertiary/aromatic N) is 1. The van der Waals surface area contributed by atoms with E-state index >= 15 is 0 Å². The van der Waals surface area contributed by atoms with Gasteiger partial charge in [0, 0.05) is 6.42 Å². The summed E-state index contributed by atoms with van der Waals surface area (Å²) in [6.45, 7) is 6.95. The Morgan fingerprint density at radius 1 is 1.47 bits per heavy atom. The van der Waals surface area contributed by atoms with Crippen LogP contribution < -0.4 is 0 Å². The van der Waals surface area contributed by atoms with Crippen molar-refractivity contribution in [3.63, 3.8) is 0 Å². The fourth-order valence-corrected chi connectivity index (χ4v) is 1.84. The first-order valence-corrected chi connectivity index (χ1v) is 5.27. The summed E-state index contributed by atoms with van der Waals surface area (Å²) in [5, 5.41) is 9.31. The summed E-state index contributed by atoms with van der Waals surface area (Å²) < 4.78 is 0. The Labute approximate surface area is 90.3 Å². The topological polar surface area (TPSA) is 57.6 Å². The lowest BCUT2D eigenvalue weighted by atomic mass is 9.91. The summed E-state index contributed by atoms with van der Waals surface area (Å²) in [6, 6.07) is 0. The van der Waals surface area contributed by atoms with Crippen LogP contribution in [0.25, 0.3) is 0 Å². The number of imide groups is 1. The molecule has 1 aliphatic heterocycles. The molecule has 4 heteroatoms. The van der Waals surface area contributed by atoms with Crippen LogP contribution in [-0.4, -0.2) is 34.0 Å². The molecule has 2 amide bonds. The first-order valence-electron chi connectivity index (χ1n) is 5.27. The van der Waals surface area contributed by atoms with Gasteiger partial charge >= 0.3 is 0 Å². The average Bonchev–Trinajstić information content (AvgIpc) is 2.36. The van der Waals surface area contributed by atoms with E-state index in [2.05, 4.69) is 0 Å². The van der Waals surface area contributed by atoms with E-state index in [9.17, 15) is 14.7 Å². The van der Waals surface area contributed by atoms with Crippen molar-refractivity contribution >= 4 is 11.8 Å². The first-order chi connectivity index (χ1) is 6.78. The van der Waals surface area contributed by atoms with Gasteiger partial charge in [0.1, 0.15) is 0 Å². The largest absolute Gasteiger partial charge is 0.394 e. The highest BCUT2D eigenvalue weighted by molar-refractivity contribution is 6.06. The molecule has 1 fully saturated rings. The number of carbonyl (C=O) groups is 2. The maximum absolute atomic E-state index is 12.0. The predicted molar refractivity (Wildman–Crippen MR) is 56.0 cm³/mol. The van der Waals surface area contributed by atoms with Gasteiger partial charge in [-0.1, -0.05) is 20.8 Å². The summed E-state index contributed by atoms with van der Waals surface area (Å²) in [7, 11) is 0. The predicted octanol–water partition coefficient (Wildman–Crippen LogP) is 0.933. The van der Waals surface area contributed by atoms with Gasteiger partial charge in [0.05, 0.1) is 17.6 Å². The number of aliphatic hydroxyl groups is 1. The van der Waals surface area contributed by atoms with Gasteiger partial charge in [0.25, 0.3) is 0 Å². The molecule has 0 aromatic rings. The van der Waals surface area contributed by atoms with Crippen molar-refractivity contribution in [3.05, 3.63) is 0 Å². The van der Waals surface area contributed by atoms with Crippen LogP contribution in [0, 0.1) is 5.41 Å². The van der Waals surface area contributed by atoms with E-state index in [1.807, 2.05) is 6.92 Å². The highest BCUT2D eigenvalue weighted by Gasteiger charge is 2.51. The molecule has 4 nitrogen and oxygen atoms in total. The molecule has 0 aromatic heterocycles. The molecule has 1 atom stereocenters. The van der Waals surface area contributed by atoms with Crippen molar-refractivity contribution in [3.8, 4) is 0 Å². The number of hydrogen-bond acceptors (Lipinski definition) is 3. The highest BCUT2D eigenvalue weighted by atomic mass is 16.3. The van der Waals surface area contributed by atoms with Crippen LogP contribution in [0.5, 0.6) is 0 Å². The lowest BCUT2D eigenvalue weighted by Crippen LogP contribution is -2.52. The average molecular weight is 213 g/mol. The van der Waals surface area contributed by atoms with Gasteiger partial charge in [0.15, 0.2) is 0 Å². The molecule has 15 heavy (non-hydrogen) atoms. The molecule has 0 aliphatic carbocycles. The molecule has 0 aromatic carbocycles. The van der Waals surface area contributed by atoms with E-state index < -0.39 is 11.0 Å². The van der Waals surface area contributed by atoms with Gasteiger partial charge in [-0.2, -0.15) is 0 Å². The van der Waals surface area contributed by atoms with E-state index in [1.165, 1.54) is 4.90 Å². The molecule has 0 saturated carbocycles. The molecule has 0 bridgehead atoms. The van der Waals surface area contributed by atoms with Crippen molar-refractivity contribution in [2.45, 2.75) is 46.1 Å².